The SMILES string of the molecule is COc1cccc(N(c2ccccc2)c2ccc(I)cc2)c1. The molecule has 22 heavy (non-hydrogen) atoms. The average molecular weight is 401 g/mol. The summed E-state index contributed by atoms with van der Waals surface area (Å²) in [7, 11) is 1.69. The molecule has 0 amide bonds. The molecule has 0 saturated heterocycles. The topological polar surface area (TPSA) is 12.5 Å². The van der Waals surface area contributed by atoms with Gasteiger partial charge < -0.3 is 9.64 Å². The first-order valence-corrected chi connectivity index (χ1v) is 8.10. The molecule has 0 N–H and O–H groups in total. The van der Waals surface area contributed by atoms with Crippen molar-refractivity contribution in [3.05, 3.63) is 82.4 Å². The highest BCUT2D eigenvalue weighted by Crippen LogP contribution is 2.35. The first-order valence-electron chi connectivity index (χ1n) is 7.03. The quantitative estimate of drug-likeness (QED) is 0.515. The first-order chi connectivity index (χ1) is 10.8. The zero-order valence-corrected chi connectivity index (χ0v) is 14.4. The lowest BCUT2D eigenvalue weighted by atomic mass is 10.2. The van der Waals surface area contributed by atoms with Crippen molar-refractivity contribution in [3.8, 4) is 5.75 Å². The zero-order valence-electron chi connectivity index (χ0n) is 12.2. The summed E-state index contributed by atoms with van der Waals surface area (Å²) in [4.78, 5) is 2.22. The molecule has 0 bridgehead atoms. The van der Waals surface area contributed by atoms with E-state index in [0.29, 0.717) is 0 Å². The van der Waals surface area contributed by atoms with Crippen LogP contribution >= 0.6 is 22.6 Å². The number of anilines is 3. The molecule has 0 radical (unpaired) electrons. The Kier molecular flexibility index (Phi) is 4.63. The van der Waals surface area contributed by atoms with Crippen molar-refractivity contribution in [2.45, 2.75) is 0 Å². The number of halogens is 1. The Balaban J connectivity index is 2.12. The van der Waals surface area contributed by atoms with Crippen molar-refractivity contribution in [3.63, 3.8) is 0 Å². The fourth-order valence-corrected chi connectivity index (χ4v) is 2.72. The van der Waals surface area contributed by atoms with E-state index in [9.17, 15) is 0 Å². The minimum absolute atomic E-state index is 0.851. The van der Waals surface area contributed by atoms with Crippen LogP contribution in [0.5, 0.6) is 5.75 Å². The van der Waals surface area contributed by atoms with Crippen LogP contribution in [0.3, 0.4) is 0 Å². The second-order valence-corrected chi connectivity index (χ2v) is 6.09. The Bertz CT molecular complexity index is 741. The summed E-state index contributed by atoms with van der Waals surface area (Å²) in [5.41, 5.74) is 3.32. The van der Waals surface area contributed by atoms with E-state index in [4.69, 9.17) is 4.74 Å². The summed E-state index contributed by atoms with van der Waals surface area (Å²) in [6.45, 7) is 0. The number of para-hydroxylation sites is 1. The summed E-state index contributed by atoms with van der Waals surface area (Å²) in [6.07, 6.45) is 0. The molecule has 0 atom stereocenters. The van der Waals surface area contributed by atoms with E-state index in [1.165, 1.54) is 3.57 Å². The molecule has 0 unspecified atom stereocenters. The molecule has 3 aromatic carbocycles. The molecule has 0 aliphatic heterocycles. The second kappa shape index (κ2) is 6.83. The lowest BCUT2D eigenvalue weighted by Gasteiger charge is -2.25. The average Bonchev–Trinajstić information content (AvgIpc) is 2.58. The summed E-state index contributed by atoms with van der Waals surface area (Å²) in [5, 5.41) is 0. The number of hydrogen-bond donors (Lipinski definition) is 0. The van der Waals surface area contributed by atoms with E-state index in [0.717, 1.165) is 22.8 Å². The van der Waals surface area contributed by atoms with Gasteiger partial charge in [0.25, 0.3) is 0 Å². The van der Waals surface area contributed by atoms with Crippen molar-refractivity contribution in [2.75, 3.05) is 12.0 Å². The molecule has 110 valence electrons. The predicted molar refractivity (Wildman–Crippen MR) is 100 cm³/mol. The van der Waals surface area contributed by atoms with Crippen molar-refractivity contribution in [2.24, 2.45) is 0 Å². The largest absolute Gasteiger partial charge is 0.497 e. The van der Waals surface area contributed by atoms with Crippen LogP contribution in [0, 0.1) is 3.57 Å². The minimum atomic E-state index is 0.851. The van der Waals surface area contributed by atoms with Gasteiger partial charge in [-0.2, -0.15) is 0 Å². The second-order valence-electron chi connectivity index (χ2n) is 4.85. The maximum absolute atomic E-state index is 5.37. The van der Waals surface area contributed by atoms with E-state index in [2.05, 4.69) is 82.1 Å². The molecule has 0 aliphatic carbocycles. The third-order valence-electron chi connectivity index (χ3n) is 3.41. The van der Waals surface area contributed by atoms with Crippen molar-refractivity contribution >= 4 is 39.7 Å². The third kappa shape index (κ3) is 3.25. The molecule has 3 aromatic rings. The number of methoxy groups -OCH3 is 1. The van der Waals surface area contributed by atoms with Gasteiger partial charge in [0.05, 0.1) is 7.11 Å². The van der Waals surface area contributed by atoms with Gasteiger partial charge in [-0.25, -0.2) is 0 Å². The van der Waals surface area contributed by atoms with Crippen LogP contribution in [0.25, 0.3) is 0 Å². The number of rotatable bonds is 4. The zero-order chi connectivity index (χ0) is 15.4. The van der Waals surface area contributed by atoms with Crippen LogP contribution in [-0.2, 0) is 0 Å². The highest BCUT2D eigenvalue weighted by Gasteiger charge is 2.12. The van der Waals surface area contributed by atoms with E-state index < -0.39 is 0 Å². The molecule has 0 saturated carbocycles. The monoisotopic (exact) mass is 401 g/mol. The molecule has 3 heteroatoms. The van der Waals surface area contributed by atoms with Gasteiger partial charge in [0.15, 0.2) is 0 Å². The maximum atomic E-state index is 5.37. The lowest BCUT2D eigenvalue weighted by molar-refractivity contribution is 0.415. The van der Waals surface area contributed by atoms with Gasteiger partial charge in [-0.15, -0.1) is 0 Å². The van der Waals surface area contributed by atoms with Crippen molar-refractivity contribution in [1.82, 2.24) is 0 Å². The highest BCUT2D eigenvalue weighted by atomic mass is 127. The summed E-state index contributed by atoms with van der Waals surface area (Å²) < 4.78 is 6.59. The molecule has 0 aromatic heterocycles. The summed E-state index contributed by atoms with van der Waals surface area (Å²) in [6, 6.07) is 27.0. The van der Waals surface area contributed by atoms with Gasteiger partial charge >= 0.3 is 0 Å². The Labute approximate surface area is 144 Å². The van der Waals surface area contributed by atoms with Gasteiger partial charge in [-0.3, -0.25) is 0 Å². The van der Waals surface area contributed by atoms with E-state index >= 15 is 0 Å². The van der Waals surface area contributed by atoms with Crippen LogP contribution in [0.2, 0.25) is 0 Å². The molecule has 0 spiro atoms. The number of nitrogens with zero attached hydrogens (tertiary/aromatic N) is 1. The van der Waals surface area contributed by atoms with E-state index in [-0.39, 0.29) is 0 Å². The van der Waals surface area contributed by atoms with Gasteiger partial charge in [0, 0.05) is 26.7 Å². The van der Waals surface area contributed by atoms with Crippen molar-refractivity contribution < 1.29 is 4.74 Å². The fourth-order valence-electron chi connectivity index (χ4n) is 2.36. The predicted octanol–water partition coefficient (Wildman–Crippen LogP) is 5.77. The Morgan fingerprint density at radius 2 is 1.36 bits per heavy atom. The molecule has 0 fully saturated rings. The highest BCUT2D eigenvalue weighted by molar-refractivity contribution is 14.1. The van der Waals surface area contributed by atoms with Crippen molar-refractivity contribution in [1.29, 1.82) is 0 Å². The minimum Gasteiger partial charge on any atom is -0.497 e. The standard InChI is InChI=1S/C19H16INO/c1-22-19-9-5-8-18(14-19)21(16-6-3-2-4-7-16)17-12-10-15(20)11-13-17/h2-14H,1H3. The molecule has 3 rings (SSSR count). The summed E-state index contributed by atoms with van der Waals surface area (Å²) in [5.74, 6) is 0.851. The number of benzene rings is 3. The summed E-state index contributed by atoms with van der Waals surface area (Å²) >= 11 is 2.32. The van der Waals surface area contributed by atoms with E-state index in [1.807, 2.05) is 24.3 Å². The molecule has 0 aliphatic rings. The van der Waals surface area contributed by atoms with E-state index in [1.54, 1.807) is 7.11 Å². The maximum Gasteiger partial charge on any atom is 0.120 e. The Morgan fingerprint density at radius 1 is 0.727 bits per heavy atom. The van der Waals surface area contributed by atoms with Crippen LogP contribution in [-0.4, -0.2) is 7.11 Å². The number of hydrogen-bond acceptors (Lipinski definition) is 2. The number of ether oxygens (including phenoxy) is 1. The van der Waals surface area contributed by atoms with Gasteiger partial charge in [-0.05, 0) is 71.1 Å². The molecule has 0 heterocycles. The molecule has 2 nitrogen and oxygen atoms in total. The molecular formula is C19H16INO. The first kappa shape index (κ1) is 14.9. The van der Waals surface area contributed by atoms with Crippen LogP contribution in [0.4, 0.5) is 17.1 Å². The lowest BCUT2D eigenvalue weighted by Crippen LogP contribution is -2.09. The Hall–Kier alpha value is -2.01. The Morgan fingerprint density at radius 3 is 2.05 bits per heavy atom. The van der Waals surface area contributed by atoms with Crippen LogP contribution < -0.4 is 9.64 Å². The van der Waals surface area contributed by atoms with Gasteiger partial charge in [0.2, 0.25) is 0 Å². The smallest absolute Gasteiger partial charge is 0.120 e. The van der Waals surface area contributed by atoms with Crippen LogP contribution in [0.15, 0.2) is 78.9 Å². The normalized spacial score (nSPS) is 10.3. The van der Waals surface area contributed by atoms with Gasteiger partial charge in [-0.1, -0.05) is 24.3 Å². The van der Waals surface area contributed by atoms with Gasteiger partial charge in [0.1, 0.15) is 5.75 Å². The molecular weight excluding hydrogens is 385 g/mol. The van der Waals surface area contributed by atoms with Crippen LogP contribution in [0.1, 0.15) is 0 Å². The third-order valence-corrected chi connectivity index (χ3v) is 4.13. The fraction of sp³-hybridized carbons (Fsp3) is 0.0526.